The molecule has 0 saturated carbocycles. The van der Waals surface area contributed by atoms with Crippen LogP contribution in [0.25, 0.3) is 0 Å². The van der Waals surface area contributed by atoms with E-state index in [0.717, 1.165) is 0 Å². The molecule has 1 aromatic carbocycles. The molecule has 0 aromatic heterocycles. The smallest absolute Gasteiger partial charge is 0.168 e. The first kappa shape index (κ1) is 18.3. The number of carbonyl (C=O) groups is 3. The number of hydrogen-bond acceptors (Lipinski definition) is 3. The lowest BCUT2D eigenvalue weighted by Gasteiger charge is -2.18. The SMILES string of the molecule is CC(C)C(=O)c1cc(C(=O)C(C)C)cc(C(=O)C(C)(C)C)c1. The van der Waals surface area contributed by atoms with E-state index in [9.17, 15) is 14.4 Å². The summed E-state index contributed by atoms with van der Waals surface area (Å²) in [5.41, 5.74) is 0.753. The molecule has 22 heavy (non-hydrogen) atoms. The first-order valence-electron chi connectivity index (χ1n) is 7.73. The predicted octanol–water partition coefficient (Wildman–Crippen LogP) is 4.59. The molecule has 0 spiro atoms. The molecule has 0 bridgehead atoms. The maximum absolute atomic E-state index is 12.5. The molecule has 3 heteroatoms. The number of Topliss-reactive ketones (excluding diaryl/α,β-unsaturated/α-hetero) is 3. The van der Waals surface area contributed by atoms with Crippen molar-refractivity contribution in [2.75, 3.05) is 0 Å². The Morgan fingerprint density at radius 2 is 1.05 bits per heavy atom. The first-order valence-corrected chi connectivity index (χ1v) is 7.73. The molecule has 0 unspecified atom stereocenters. The van der Waals surface area contributed by atoms with Gasteiger partial charge in [0.1, 0.15) is 0 Å². The van der Waals surface area contributed by atoms with Crippen molar-refractivity contribution in [3.8, 4) is 0 Å². The third kappa shape index (κ3) is 4.12. The molecule has 0 N–H and O–H groups in total. The lowest BCUT2D eigenvalue weighted by molar-refractivity contribution is 0.0858. The van der Waals surface area contributed by atoms with Gasteiger partial charge in [0.2, 0.25) is 0 Å². The Balaban J connectivity index is 3.49. The van der Waals surface area contributed by atoms with Gasteiger partial charge in [-0.15, -0.1) is 0 Å². The molecule has 0 aliphatic carbocycles. The van der Waals surface area contributed by atoms with Crippen LogP contribution in [0.5, 0.6) is 0 Å². The Hall–Kier alpha value is -1.77. The molecule has 120 valence electrons. The molecule has 1 rings (SSSR count). The van der Waals surface area contributed by atoms with Crippen molar-refractivity contribution >= 4 is 17.3 Å². The summed E-state index contributed by atoms with van der Waals surface area (Å²) in [5, 5.41) is 0. The minimum absolute atomic E-state index is 0.0543. The van der Waals surface area contributed by atoms with Crippen molar-refractivity contribution in [3.63, 3.8) is 0 Å². The largest absolute Gasteiger partial charge is 0.294 e. The predicted molar refractivity (Wildman–Crippen MR) is 88.6 cm³/mol. The fourth-order valence-electron chi connectivity index (χ4n) is 2.14. The second-order valence-electron chi connectivity index (χ2n) is 7.42. The van der Waals surface area contributed by atoms with Crippen LogP contribution in [0.15, 0.2) is 18.2 Å². The van der Waals surface area contributed by atoms with Crippen LogP contribution < -0.4 is 0 Å². The Morgan fingerprint density at radius 3 is 1.32 bits per heavy atom. The van der Waals surface area contributed by atoms with Gasteiger partial charge in [-0.3, -0.25) is 14.4 Å². The summed E-state index contributed by atoms with van der Waals surface area (Å²) in [5.74, 6) is -0.532. The molecule has 0 heterocycles. The zero-order valence-electron chi connectivity index (χ0n) is 14.6. The van der Waals surface area contributed by atoms with Crippen LogP contribution in [0.2, 0.25) is 0 Å². The van der Waals surface area contributed by atoms with Gasteiger partial charge in [0.25, 0.3) is 0 Å². The van der Waals surface area contributed by atoms with Gasteiger partial charge in [-0.1, -0.05) is 48.5 Å². The monoisotopic (exact) mass is 302 g/mol. The second-order valence-corrected chi connectivity index (χ2v) is 7.42. The third-order valence-corrected chi connectivity index (χ3v) is 3.49. The fraction of sp³-hybridized carbons (Fsp3) is 0.526. The summed E-state index contributed by atoms with van der Waals surface area (Å²) in [6.07, 6.45) is 0. The van der Waals surface area contributed by atoms with Crippen molar-refractivity contribution in [1.82, 2.24) is 0 Å². The minimum atomic E-state index is -0.558. The molecule has 0 fully saturated rings. The molecule has 0 radical (unpaired) electrons. The number of benzene rings is 1. The van der Waals surface area contributed by atoms with Crippen molar-refractivity contribution < 1.29 is 14.4 Å². The van der Waals surface area contributed by atoms with Crippen LogP contribution >= 0.6 is 0 Å². The van der Waals surface area contributed by atoms with Crippen LogP contribution in [0.1, 0.15) is 79.5 Å². The molecule has 0 aliphatic heterocycles. The standard InChI is InChI=1S/C19H26O3/c1-11(2)16(20)13-8-14(17(21)12(3)4)10-15(9-13)18(22)19(5,6)7/h8-12H,1-7H3. The van der Waals surface area contributed by atoms with Gasteiger partial charge >= 0.3 is 0 Å². The Bertz CT molecular complexity index is 563. The molecular weight excluding hydrogens is 276 g/mol. The maximum atomic E-state index is 12.5. The third-order valence-electron chi connectivity index (χ3n) is 3.49. The number of hydrogen-bond donors (Lipinski definition) is 0. The maximum Gasteiger partial charge on any atom is 0.168 e. The fourth-order valence-corrected chi connectivity index (χ4v) is 2.14. The van der Waals surface area contributed by atoms with E-state index < -0.39 is 5.41 Å². The number of ketones is 3. The van der Waals surface area contributed by atoms with Crippen LogP contribution in [-0.4, -0.2) is 17.3 Å². The Kier molecular flexibility index (Phi) is 5.44. The molecule has 3 nitrogen and oxygen atoms in total. The number of carbonyl (C=O) groups excluding carboxylic acids is 3. The van der Waals surface area contributed by atoms with E-state index in [1.807, 2.05) is 48.5 Å². The van der Waals surface area contributed by atoms with E-state index in [-0.39, 0.29) is 29.2 Å². The topological polar surface area (TPSA) is 51.2 Å². The van der Waals surface area contributed by atoms with E-state index in [1.165, 1.54) is 0 Å². The van der Waals surface area contributed by atoms with Crippen LogP contribution in [-0.2, 0) is 0 Å². The second kappa shape index (κ2) is 6.55. The molecule has 1 aromatic rings. The van der Waals surface area contributed by atoms with Crippen LogP contribution in [0, 0.1) is 17.3 Å². The quantitative estimate of drug-likeness (QED) is 0.747. The van der Waals surface area contributed by atoms with Crippen LogP contribution in [0.3, 0.4) is 0 Å². The van der Waals surface area contributed by atoms with Gasteiger partial charge in [0, 0.05) is 33.9 Å². The average Bonchev–Trinajstić information content (AvgIpc) is 2.42. The molecule has 0 atom stereocenters. The van der Waals surface area contributed by atoms with Gasteiger partial charge in [-0.25, -0.2) is 0 Å². The lowest BCUT2D eigenvalue weighted by atomic mass is 9.84. The van der Waals surface area contributed by atoms with E-state index in [4.69, 9.17) is 0 Å². The van der Waals surface area contributed by atoms with Crippen LogP contribution in [0.4, 0.5) is 0 Å². The highest BCUT2D eigenvalue weighted by Crippen LogP contribution is 2.24. The highest BCUT2D eigenvalue weighted by atomic mass is 16.1. The Morgan fingerprint density at radius 1 is 0.727 bits per heavy atom. The summed E-state index contributed by atoms with van der Waals surface area (Å²) in [4.78, 5) is 37.1. The van der Waals surface area contributed by atoms with Gasteiger partial charge in [0.15, 0.2) is 17.3 Å². The molecular formula is C19H26O3. The molecule has 0 saturated heterocycles. The molecule has 0 aliphatic rings. The van der Waals surface area contributed by atoms with Crippen molar-refractivity contribution in [2.24, 2.45) is 17.3 Å². The summed E-state index contributed by atoms with van der Waals surface area (Å²) < 4.78 is 0. The van der Waals surface area contributed by atoms with E-state index in [0.29, 0.717) is 16.7 Å². The zero-order chi connectivity index (χ0) is 17.2. The number of rotatable bonds is 5. The summed E-state index contributed by atoms with van der Waals surface area (Å²) in [7, 11) is 0. The van der Waals surface area contributed by atoms with Crippen molar-refractivity contribution in [3.05, 3.63) is 34.9 Å². The van der Waals surface area contributed by atoms with Crippen molar-refractivity contribution in [1.29, 1.82) is 0 Å². The average molecular weight is 302 g/mol. The lowest BCUT2D eigenvalue weighted by Crippen LogP contribution is -2.22. The van der Waals surface area contributed by atoms with Crippen molar-refractivity contribution in [2.45, 2.75) is 48.5 Å². The van der Waals surface area contributed by atoms with Gasteiger partial charge in [0.05, 0.1) is 0 Å². The zero-order valence-corrected chi connectivity index (χ0v) is 14.6. The van der Waals surface area contributed by atoms with Gasteiger partial charge < -0.3 is 0 Å². The summed E-state index contributed by atoms with van der Waals surface area (Å²) >= 11 is 0. The van der Waals surface area contributed by atoms with Gasteiger partial charge in [-0.05, 0) is 18.2 Å². The highest BCUT2D eigenvalue weighted by molar-refractivity contribution is 6.08. The summed E-state index contributed by atoms with van der Waals surface area (Å²) in [6.45, 7) is 12.7. The van der Waals surface area contributed by atoms with E-state index in [1.54, 1.807) is 18.2 Å². The van der Waals surface area contributed by atoms with Gasteiger partial charge in [-0.2, -0.15) is 0 Å². The van der Waals surface area contributed by atoms with E-state index >= 15 is 0 Å². The minimum Gasteiger partial charge on any atom is -0.294 e. The first-order chi connectivity index (χ1) is 9.95. The normalized spacial score (nSPS) is 11.9. The highest BCUT2D eigenvalue weighted by Gasteiger charge is 2.26. The Labute approximate surface area is 133 Å². The van der Waals surface area contributed by atoms with E-state index in [2.05, 4.69) is 0 Å². The summed E-state index contributed by atoms with van der Waals surface area (Å²) in [6, 6.07) is 4.85. The molecule has 0 amide bonds.